The molecule has 0 saturated heterocycles. The van der Waals surface area contributed by atoms with Gasteiger partial charge in [-0.15, -0.1) is 0 Å². The Morgan fingerprint density at radius 3 is 2.44 bits per heavy atom. The predicted molar refractivity (Wildman–Crippen MR) is 62.9 cm³/mol. The molecular weight excluding hydrogens is 267 g/mol. The molecule has 0 aliphatic carbocycles. The first-order chi connectivity index (χ1) is 8.12. The van der Waals surface area contributed by atoms with E-state index >= 15 is 0 Å². The van der Waals surface area contributed by atoms with Crippen LogP contribution in [-0.2, 0) is 9.84 Å². The normalized spacial score (nSPS) is 12.7. The Labute approximate surface area is 104 Å². The van der Waals surface area contributed by atoms with Crippen LogP contribution in [0.5, 0.6) is 0 Å². The van der Waals surface area contributed by atoms with E-state index in [0.717, 1.165) is 0 Å². The summed E-state index contributed by atoms with van der Waals surface area (Å²) in [6, 6.07) is 4.36. The molecule has 0 fully saturated rings. The molecular formula is C11H14F3NO2S. The molecule has 0 atom stereocenters. The second-order valence-corrected chi connectivity index (χ2v) is 6.14. The van der Waals surface area contributed by atoms with E-state index in [1.54, 1.807) is 13.0 Å². The molecule has 0 radical (unpaired) electrons. The maximum absolute atomic E-state index is 12.0. The van der Waals surface area contributed by atoms with Gasteiger partial charge in [-0.25, -0.2) is 8.42 Å². The molecule has 2 N–H and O–H groups in total. The van der Waals surface area contributed by atoms with E-state index in [0.29, 0.717) is 5.56 Å². The Balaban J connectivity index is 2.84. The van der Waals surface area contributed by atoms with Gasteiger partial charge in [0.25, 0.3) is 0 Å². The number of benzene rings is 1. The summed E-state index contributed by atoms with van der Waals surface area (Å²) in [7, 11) is -3.72. The van der Waals surface area contributed by atoms with Gasteiger partial charge in [-0.05, 0) is 31.0 Å². The highest BCUT2D eigenvalue weighted by Crippen LogP contribution is 2.24. The average Bonchev–Trinajstić information content (AvgIpc) is 2.19. The van der Waals surface area contributed by atoms with Crippen LogP contribution in [-0.4, -0.2) is 20.3 Å². The van der Waals surface area contributed by atoms with Crippen molar-refractivity contribution in [1.29, 1.82) is 0 Å². The quantitative estimate of drug-likeness (QED) is 0.863. The summed E-state index contributed by atoms with van der Waals surface area (Å²) in [5.74, 6) is -0.531. The molecule has 0 aliphatic heterocycles. The highest BCUT2D eigenvalue weighted by Gasteiger charge is 2.28. The zero-order valence-corrected chi connectivity index (χ0v) is 10.6. The van der Waals surface area contributed by atoms with Crippen LogP contribution in [0.4, 0.5) is 18.9 Å². The third-order valence-corrected chi connectivity index (χ3v) is 4.36. The average molecular weight is 281 g/mol. The standard InChI is InChI=1S/C11H14F3NO2S/c1-8-3-4-9(15)7-10(8)18(16,17)6-2-5-11(12,13)14/h3-4,7H,2,5-6,15H2,1H3. The van der Waals surface area contributed by atoms with Crippen LogP contribution < -0.4 is 5.73 Å². The number of alkyl halides is 3. The molecule has 0 unspecified atom stereocenters. The molecule has 1 rings (SSSR count). The second kappa shape index (κ2) is 5.17. The molecule has 0 bridgehead atoms. The lowest BCUT2D eigenvalue weighted by Gasteiger charge is -2.09. The molecule has 0 saturated carbocycles. The van der Waals surface area contributed by atoms with E-state index in [2.05, 4.69) is 0 Å². The maximum Gasteiger partial charge on any atom is 0.389 e. The fourth-order valence-corrected chi connectivity index (χ4v) is 3.14. The second-order valence-electron chi connectivity index (χ2n) is 4.06. The Morgan fingerprint density at radius 2 is 1.89 bits per heavy atom. The SMILES string of the molecule is Cc1ccc(N)cc1S(=O)(=O)CCCC(F)(F)F. The lowest BCUT2D eigenvalue weighted by Crippen LogP contribution is -2.13. The minimum atomic E-state index is -4.33. The molecule has 0 amide bonds. The van der Waals surface area contributed by atoms with Gasteiger partial charge in [-0.3, -0.25) is 0 Å². The molecule has 1 aromatic carbocycles. The van der Waals surface area contributed by atoms with Crippen molar-refractivity contribution in [2.75, 3.05) is 11.5 Å². The van der Waals surface area contributed by atoms with E-state index in [4.69, 9.17) is 5.73 Å². The summed E-state index contributed by atoms with van der Waals surface area (Å²) < 4.78 is 59.6. The van der Waals surface area contributed by atoms with Crippen LogP contribution in [0.1, 0.15) is 18.4 Å². The monoisotopic (exact) mass is 281 g/mol. The van der Waals surface area contributed by atoms with Crippen LogP contribution in [0.15, 0.2) is 23.1 Å². The highest BCUT2D eigenvalue weighted by atomic mass is 32.2. The van der Waals surface area contributed by atoms with Crippen molar-refractivity contribution in [3.05, 3.63) is 23.8 Å². The topological polar surface area (TPSA) is 60.2 Å². The number of aryl methyl sites for hydroxylation is 1. The summed E-state index contributed by atoms with van der Waals surface area (Å²) in [4.78, 5) is 0.00433. The van der Waals surface area contributed by atoms with Crippen molar-refractivity contribution in [2.24, 2.45) is 0 Å². The van der Waals surface area contributed by atoms with Gasteiger partial charge in [0.05, 0.1) is 10.6 Å². The minimum Gasteiger partial charge on any atom is -0.399 e. The Morgan fingerprint density at radius 1 is 1.28 bits per heavy atom. The minimum absolute atomic E-state index is 0.00433. The number of hydrogen-bond donors (Lipinski definition) is 1. The van der Waals surface area contributed by atoms with Crippen molar-refractivity contribution in [3.8, 4) is 0 Å². The highest BCUT2D eigenvalue weighted by molar-refractivity contribution is 7.91. The van der Waals surface area contributed by atoms with Crippen molar-refractivity contribution >= 4 is 15.5 Å². The van der Waals surface area contributed by atoms with Crippen molar-refractivity contribution in [2.45, 2.75) is 30.8 Å². The summed E-state index contributed by atoms with van der Waals surface area (Å²) in [6.45, 7) is 1.58. The molecule has 0 heterocycles. The Bertz CT molecular complexity index is 524. The molecule has 0 aromatic heterocycles. The summed E-state index contributed by atoms with van der Waals surface area (Å²) in [6.07, 6.45) is -5.88. The lowest BCUT2D eigenvalue weighted by atomic mass is 10.2. The first kappa shape index (κ1) is 14.8. The molecule has 3 nitrogen and oxygen atoms in total. The van der Waals surface area contributed by atoms with Gasteiger partial charge in [0.2, 0.25) is 0 Å². The van der Waals surface area contributed by atoms with Gasteiger partial charge in [0.15, 0.2) is 9.84 Å². The number of sulfone groups is 1. The van der Waals surface area contributed by atoms with E-state index in [-0.39, 0.29) is 10.6 Å². The number of rotatable bonds is 4. The summed E-state index contributed by atoms with van der Waals surface area (Å²) >= 11 is 0. The van der Waals surface area contributed by atoms with E-state index in [9.17, 15) is 21.6 Å². The van der Waals surface area contributed by atoms with Crippen LogP contribution in [0.3, 0.4) is 0 Å². The van der Waals surface area contributed by atoms with E-state index in [1.807, 2.05) is 0 Å². The molecule has 102 valence electrons. The number of nitrogens with two attached hydrogens (primary N) is 1. The van der Waals surface area contributed by atoms with Gasteiger partial charge in [0.1, 0.15) is 0 Å². The van der Waals surface area contributed by atoms with Gasteiger partial charge in [-0.2, -0.15) is 13.2 Å². The van der Waals surface area contributed by atoms with Crippen LogP contribution in [0.2, 0.25) is 0 Å². The van der Waals surface area contributed by atoms with E-state index < -0.39 is 34.6 Å². The third-order valence-electron chi connectivity index (χ3n) is 2.42. The number of anilines is 1. The van der Waals surface area contributed by atoms with Crippen LogP contribution in [0, 0.1) is 6.92 Å². The zero-order chi connectivity index (χ0) is 14.0. The number of halogens is 3. The van der Waals surface area contributed by atoms with Crippen molar-refractivity contribution in [3.63, 3.8) is 0 Å². The van der Waals surface area contributed by atoms with Crippen molar-refractivity contribution in [1.82, 2.24) is 0 Å². The molecule has 7 heteroatoms. The maximum atomic E-state index is 12.0. The predicted octanol–water partition coefficient (Wildman–Crippen LogP) is 2.69. The van der Waals surface area contributed by atoms with Crippen molar-refractivity contribution < 1.29 is 21.6 Å². The van der Waals surface area contributed by atoms with Gasteiger partial charge in [0, 0.05) is 12.1 Å². The van der Waals surface area contributed by atoms with Crippen LogP contribution in [0.25, 0.3) is 0 Å². The molecule has 0 aliphatic rings. The fourth-order valence-electron chi connectivity index (χ4n) is 1.52. The van der Waals surface area contributed by atoms with Gasteiger partial charge < -0.3 is 5.73 Å². The molecule has 1 aromatic rings. The number of hydrogen-bond acceptors (Lipinski definition) is 3. The van der Waals surface area contributed by atoms with Gasteiger partial charge in [-0.1, -0.05) is 6.07 Å². The lowest BCUT2D eigenvalue weighted by molar-refractivity contribution is -0.134. The summed E-state index contributed by atoms with van der Waals surface area (Å²) in [5.41, 5.74) is 6.23. The number of nitrogen functional groups attached to an aromatic ring is 1. The Hall–Kier alpha value is -1.24. The first-order valence-electron chi connectivity index (χ1n) is 5.27. The smallest absolute Gasteiger partial charge is 0.389 e. The third kappa shape index (κ3) is 4.21. The van der Waals surface area contributed by atoms with Gasteiger partial charge >= 0.3 is 6.18 Å². The summed E-state index contributed by atoms with van der Waals surface area (Å²) in [5, 5.41) is 0. The fraction of sp³-hybridized carbons (Fsp3) is 0.455. The van der Waals surface area contributed by atoms with E-state index in [1.165, 1.54) is 12.1 Å². The first-order valence-corrected chi connectivity index (χ1v) is 6.93. The zero-order valence-electron chi connectivity index (χ0n) is 9.79. The molecule has 0 spiro atoms. The molecule has 18 heavy (non-hydrogen) atoms. The Kier molecular flexibility index (Phi) is 4.26. The largest absolute Gasteiger partial charge is 0.399 e. The van der Waals surface area contributed by atoms with Crippen LogP contribution >= 0.6 is 0 Å².